The number of fused-ring (bicyclic) bond motifs is 1. The van der Waals surface area contributed by atoms with Crippen molar-refractivity contribution < 1.29 is 0 Å². The van der Waals surface area contributed by atoms with E-state index in [1.165, 1.54) is 25.7 Å². The molecule has 0 radical (unpaired) electrons. The normalized spacial score (nSPS) is 20.9. The first kappa shape index (κ1) is 14.3. The third-order valence-corrected chi connectivity index (χ3v) is 4.38. The van der Waals surface area contributed by atoms with Gasteiger partial charge in [-0.15, -0.1) is 0 Å². The van der Waals surface area contributed by atoms with Crippen LogP contribution in [0.15, 0.2) is 24.5 Å². The summed E-state index contributed by atoms with van der Waals surface area (Å²) in [6.45, 7) is 6.70. The van der Waals surface area contributed by atoms with Crippen molar-refractivity contribution in [3.8, 4) is 0 Å². The molecule has 0 aliphatic carbocycles. The minimum absolute atomic E-state index is 0.494. The largest absolute Gasteiger partial charge is 0.352 e. The molecule has 1 aliphatic rings. The molecule has 3 rings (SSSR count). The molecule has 1 aliphatic heterocycles. The van der Waals surface area contributed by atoms with Crippen LogP contribution in [0.4, 0.5) is 5.82 Å². The van der Waals surface area contributed by atoms with Gasteiger partial charge in [0.2, 0.25) is 0 Å². The minimum Gasteiger partial charge on any atom is -0.352 e. The predicted molar refractivity (Wildman–Crippen MR) is 85.7 cm³/mol. The standard InChI is InChI=1S/C16H25N5/c1-3-9-17-13(2)14-6-4-5-11-20(14)15-8-12-21-16(19-15)7-10-18-21/h7-8,10,12-14,17H,3-6,9,11H2,1-2H3. The Morgan fingerprint density at radius 2 is 2.29 bits per heavy atom. The van der Waals surface area contributed by atoms with Gasteiger partial charge in [0.1, 0.15) is 5.82 Å². The lowest BCUT2D eigenvalue weighted by Gasteiger charge is -2.40. The number of aromatic nitrogens is 3. The molecule has 1 N–H and O–H groups in total. The first-order valence-electron chi connectivity index (χ1n) is 8.10. The van der Waals surface area contributed by atoms with E-state index in [9.17, 15) is 0 Å². The highest BCUT2D eigenvalue weighted by atomic mass is 15.3. The molecule has 0 aromatic carbocycles. The van der Waals surface area contributed by atoms with E-state index in [1.807, 2.05) is 16.8 Å². The Labute approximate surface area is 126 Å². The van der Waals surface area contributed by atoms with Crippen molar-refractivity contribution in [2.75, 3.05) is 18.0 Å². The van der Waals surface area contributed by atoms with Gasteiger partial charge >= 0.3 is 0 Å². The smallest absolute Gasteiger partial charge is 0.157 e. The molecule has 0 spiro atoms. The van der Waals surface area contributed by atoms with E-state index in [-0.39, 0.29) is 0 Å². The van der Waals surface area contributed by atoms with E-state index in [4.69, 9.17) is 4.98 Å². The first-order valence-corrected chi connectivity index (χ1v) is 8.10. The van der Waals surface area contributed by atoms with Crippen LogP contribution in [0.2, 0.25) is 0 Å². The van der Waals surface area contributed by atoms with Gasteiger partial charge in [-0.25, -0.2) is 9.50 Å². The SMILES string of the molecule is CCCNC(C)C1CCCCN1c1ccn2nccc2n1. The summed E-state index contributed by atoms with van der Waals surface area (Å²) in [7, 11) is 0. The van der Waals surface area contributed by atoms with Crippen molar-refractivity contribution in [3.05, 3.63) is 24.5 Å². The van der Waals surface area contributed by atoms with E-state index < -0.39 is 0 Å². The molecule has 2 aromatic heterocycles. The summed E-state index contributed by atoms with van der Waals surface area (Å²) in [5.41, 5.74) is 0.922. The molecule has 5 nitrogen and oxygen atoms in total. The van der Waals surface area contributed by atoms with Crippen LogP contribution < -0.4 is 10.2 Å². The van der Waals surface area contributed by atoms with Gasteiger partial charge in [-0.1, -0.05) is 6.92 Å². The Morgan fingerprint density at radius 3 is 3.14 bits per heavy atom. The van der Waals surface area contributed by atoms with Gasteiger partial charge < -0.3 is 10.2 Å². The van der Waals surface area contributed by atoms with Crippen molar-refractivity contribution in [2.45, 2.75) is 51.6 Å². The number of rotatable bonds is 5. The van der Waals surface area contributed by atoms with Crippen molar-refractivity contribution >= 4 is 11.5 Å². The molecule has 2 unspecified atom stereocenters. The van der Waals surface area contributed by atoms with Gasteiger partial charge in [-0.3, -0.25) is 0 Å². The van der Waals surface area contributed by atoms with Crippen LogP contribution in [0, 0.1) is 0 Å². The van der Waals surface area contributed by atoms with E-state index in [0.29, 0.717) is 12.1 Å². The third kappa shape index (κ3) is 3.02. The maximum absolute atomic E-state index is 4.77. The highest BCUT2D eigenvalue weighted by molar-refractivity contribution is 5.48. The van der Waals surface area contributed by atoms with Gasteiger partial charge in [-0.2, -0.15) is 5.10 Å². The van der Waals surface area contributed by atoms with E-state index in [0.717, 1.165) is 24.6 Å². The zero-order valence-electron chi connectivity index (χ0n) is 13.0. The molecule has 5 heteroatoms. The van der Waals surface area contributed by atoms with Crippen molar-refractivity contribution in [3.63, 3.8) is 0 Å². The Hall–Kier alpha value is -1.62. The van der Waals surface area contributed by atoms with Crippen LogP contribution in [0.1, 0.15) is 39.5 Å². The van der Waals surface area contributed by atoms with Crippen LogP contribution in [0.5, 0.6) is 0 Å². The molecule has 2 aromatic rings. The highest BCUT2D eigenvalue weighted by Crippen LogP contribution is 2.25. The molecule has 1 fully saturated rings. The summed E-state index contributed by atoms with van der Waals surface area (Å²) in [5.74, 6) is 1.08. The second kappa shape index (κ2) is 6.43. The molecular weight excluding hydrogens is 262 g/mol. The minimum atomic E-state index is 0.494. The average molecular weight is 287 g/mol. The number of hydrogen-bond donors (Lipinski definition) is 1. The van der Waals surface area contributed by atoms with Crippen molar-refractivity contribution in [1.29, 1.82) is 0 Å². The fourth-order valence-electron chi connectivity index (χ4n) is 3.23. The zero-order valence-corrected chi connectivity index (χ0v) is 13.0. The number of anilines is 1. The second-order valence-electron chi connectivity index (χ2n) is 5.92. The third-order valence-electron chi connectivity index (χ3n) is 4.38. The molecule has 0 saturated carbocycles. The lowest BCUT2D eigenvalue weighted by Crippen LogP contribution is -2.51. The zero-order chi connectivity index (χ0) is 14.7. The van der Waals surface area contributed by atoms with Crippen LogP contribution in [-0.2, 0) is 0 Å². The van der Waals surface area contributed by atoms with E-state index >= 15 is 0 Å². The molecule has 1 saturated heterocycles. The quantitative estimate of drug-likeness (QED) is 0.917. The maximum atomic E-state index is 4.77. The van der Waals surface area contributed by atoms with Crippen LogP contribution in [-0.4, -0.2) is 39.8 Å². The summed E-state index contributed by atoms with van der Waals surface area (Å²) < 4.78 is 1.82. The van der Waals surface area contributed by atoms with E-state index in [2.05, 4.69) is 35.2 Å². The Morgan fingerprint density at radius 1 is 1.38 bits per heavy atom. The highest BCUT2D eigenvalue weighted by Gasteiger charge is 2.28. The lowest BCUT2D eigenvalue weighted by molar-refractivity contribution is 0.366. The molecule has 0 amide bonds. The summed E-state index contributed by atoms with van der Waals surface area (Å²) >= 11 is 0. The number of piperidine rings is 1. The van der Waals surface area contributed by atoms with E-state index in [1.54, 1.807) is 6.20 Å². The Balaban J connectivity index is 1.82. The lowest BCUT2D eigenvalue weighted by atomic mass is 9.96. The molecule has 3 heterocycles. The maximum Gasteiger partial charge on any atom is 0.157 e. The second-order valence-corrected chi connectivity index (χ2v) is 5.92. The molecule has 0 bridgehead atoms. The van der Waals surface area contributed by atoms with Gasteiger partial charge in [0, 0.05) is 30.9 Å². The molecule has 21 heavy (non-hydrogen) atoms. The summed E-state index contributed by atoms with van der Waals surface area (Å²) in [6, 6.07) is 5.07. The monoisotopic (exact) mass is 287 g/mol. The van der Waals surface area contributed by atoms with Crippen molar-refractivity contribution in [1.82, 2.24) is 19.9 Å². The fourth-order valence-corrected chi connectivity index (χ4v) is 3.23. The van der Waals surface area contributed by atoms with Crippen molar-refractivity contribution in [2.24, 2.45) is 0 Å². The average Bonchev–Trinajstić information content (AvgIpc) is 3.00. The van der Waals surface area contributed by atoms with Gasteiger partial charge in [0.05, 0.1) is 6.20 Å². The summed E-state index contributed by atoms with van der Waals surface area (Å²) in [5, 5.41) is 7.87. The van der Waals surface area contributed by atoms with Gasteiger partial charge in [0.15, 0.2) is 5.65 Å². The molecule has 2 atom stereocenters. The van der Waals surface area contributed by atoms with Gasteiger partial charge in [-0.05, 0) is 45.2 Å². The van der Waals surface area contributed by atoms with Gasteiger partial charge in [0.25, 0.3) is 0 Å². The number of nitrogens with one attached hydrogen (secondary N) is 1. The number of hydrogen-bond acceptors (Lipinski definition) is 4. The summed E-state index contributed by atoms with van der Waals surface area (Å²) in [6.07, 6.45) is 8.79. The Bertz CT molecular complexity index is 579. The molecular formula is C16H25N5. The topological polar surface area (TPSA) is 45.5 Å². The van der Waals surface area contributed by atoms with Crippen LogP contribution in [0.3, 0.4) is 0 Å². The summed E-state index contributed by atoms with van der Waals surface area (Å²) in [4.78, 5) is 7.25. The number of nitrogens with zero attached hydrogens (tertiary/aromatic N) is 4. The fraction of sp³-hybridized carbons (Fsp3) is 0.625. The Kier molecular flexibility index (Phi) is 4.39. The van der Waals surface area contributed by atoms with Crippen LogP contribution >= 0.6 is 0 Å². The predicted octanol–water partition coefficient (Wildman–Crippen LogP) is 2.48. The first-order chi connectivity index (χ1) is 10.3. The molecule has 114 valence electrons. The van der Waals surface area contributed by atoms with Crippen LogP contribution in [0.25, 0.3) is 5.65 Å².